The van der Waals surface area contributed by atoms with Gasteiger partial charge < -0.3 is 5.73 Å². The lowest BCUT2D eigenvalue weighted by molar-refractivity contribution is 0.312. The van der Waals surface area contributed by atoms with Crippen molar-refractivity contribution in [2.75, 3.05) is 18.8 Å². The van der Waals surface area contributed by atoms with Crippen LogP contribution in [0.1, 0.15) is 23.7 Å². The number of halogens is 1. The van der Waals surface area contributed by atoms with E-state index in [1.807, 2.05) is 11.6 Å². The molecule has 0 radical (unpaired) electrons. The molecule has 2 heterocycles. The minimum atomic E-state index is 0.378. The number of hydrogen-bond donors (Lipinski definition) is 1. The molecule has 2 N–H and O–H groups in total. The van der Waals surface area contributed by atoms with Gasteiger partial charge >= 0.3 is 0 Å². The van der Waals surface area contributed by atoms with E-state index in [2.05, 4.69) is 56.3 Å². The van der Waals surface area contributed by atoms with E-state index in [9.17, 15) is 0 Å². The van der Waals surface area contributed by atoms with E-state index < -0.39 is 0 Å². The predicted molar refractivity (Wildman–Crippen MR) is 84.4 cm³/mol. The van der Waals surface area contributed by atoms with E-state index in [1.165, 1.54) is 5.56 Å². The van der Waals surface area contributed by atoms with E-state index in [1.54, 1.807) is 0 Å². The summed E-state index contributed by atoms with van der Waals surface area (Å²) in [5.41, 5.74) is 8.44. The summed E-state index contributed by atoms with van der Waals surface area (Å²) in [7, 11) is 0. The quantitative estimate of drug-likeness (QED) is 0.938. The fourth-order valence-electron chi connectivity index (χ4n) is 2.82. The van der Waals surface area contributed by atoms with Crippen molar-refractivity contribution in [3.05, 3.63) is 46.1 Å². The number of rotatable bonds is 3. The molecule has 2 aromatic rings. The van der Waals surface area contributed by atoms with Crippen LogP contribution in [0, 0.1) is 6.92 Å². The largest absolute Gasteiger partial charge is 0.383 e. The van der Waals surface area contributed by atoms with Gasteiger partial charge in [-0.2, -0.15) is 5.10 Å². The van der Waals surface area contributed by atoms with Crippen molar-refractivity contribution in [2.45, 2.75) is 25.9 Å². The van der Waals surface area contributed by atoms with Crippen molar-refractivity contribution in [1.29, 1.82) is 0 Å². The summed E-state index contributed by atoms with van der Waals surface area (Å²) in [6.07, 6.45) is 1.10. The number of anilines is 1. The minimum absolute atomic E-state index is 0.378. The molecule has 0 saturated carbocycles. The van der Waals surface area contributed by atoms with Crippen LogP contribution in [0.4, 0.5) is 5.82 Å². The van der Waals surface area contributed by atoms with Crippen LogP contribution in [0.15, 0.2) is 34.8 Å². The Bertz CT molecular complexity index is 593. The molecule has 1 aliphatic rings. The van der Waals surface area contributed by atoms with Crippen LogP contribution in [0.3, 0.4) is 0 Å². The zero-order valence-corrected chi connectivity index (χ0v) is 13.2. The lowest BCUT2D eigenvalue weighted by atomic mass is 10.2. The van der Waals surface area contributed by atoms with Crippen LogP contribution in [-0.2, 0) is 6.54 Å². The maximum absolute atomic E-state index is 6.12. The van der Waals surface area contributed by atoms with Crippen LogP contribution in [0.2, 0.25) is 0 Å². The van der Waals surface area contributed by atoms with Gasteiger partial charge in [0.05, 0.1) is 16.2 Å². The highest BCUT2D eigenvalue weighted by Gasteiger charge is 2.27. The Balaban J connectivity index is 1.69. The van der Waals surface area contributed by atoms with Gasteiger partial charge in [0.1, 0.15) is 5.82 Å². The molecule has 3 rings (SSSR count). The van der Waals surface area contributed by atoms with Gasteiger partial charge in [0, 0.05) is 19.6 Å². The van der Waals surface area contributed by atoms with Crippen molar-refractivity contribution in [2.24, 2.45) is 0 Å². The first kappa shape index (κ1) is 13.6. The second-order valence-corrected chi connectivity index (χ2v) is 6.19. The summed E-state index contributed by atoms with van der Waals surface area (Å²) in [5, 5.41) is 4.55. The van der Waals surface area contributed by atoms with E-state index >= 15 is 0 Å². The average molecular weight is 335 g/mol. The fraction of sp³-hybridized carbons (Fsp3) is 0.400. The molecule has 0 aliphatic carbocycles. The van der Waals surface area contributed by atoms with Gasteiger partial charge in [-0.3, -0.25) is 4.90 Å². The molecule has 0 bridgehead atoms. The second-order valence-electron chi connectivity index (χ2n) is 5.39. The van der Waals surface area contributed by atoms with Gasteiger partial charge in [0.15, 0.2) is 0 Å². The van der Waals surface area contributed by atoms with E-state index in [0.717, 1.165) is 42.0 Å². The van der Waals surface area contributed by atoms with E-state index in [0.29, 0.717) is 6.04 Å². The molecule has 5 heteroatoms. The van der Waals surface area contributed by atoms with E-state index in [-0.39, 0.29) is 0 Å². The molecule has 0 amide bonds. The standard InChI is InChI=1S/C15H19BrN4/c1-11-14(16)15(17)20(18-11)13-7-8-19(10-13)9-12-5-3-2-4-6-12/h2-6,13H,7-10,17H2,1H3. The molecule has 1 saturated heterocycles. The lowest BCUT2D eigenvalue weighted by Gasteiger charge is -2.16. The summed E-state index contributed by atoms with van der Waals surface area (Å²) in [6, 6.07) is 11.0. The zero-order chi connectivity index (χ0) is 14.1. The fourth-order valence-corrected chi connectivity index (χ4v) is 3.08. The summed E-state index contributed by atoms with van der Waals surface area (Å²) in [4.78, 5) is 2.46. The van der Waals surface area contributed by atoms with Gasteiger partial charge in [-0.05, 0) is 34.8 Å². The molecule has 1 aromatic heterocycles. The first-order chi connectivity index (χ1) is 9.65. The number of likely N-dealkylation sites (tertiary alicyclic amines) is 1. The Hall–Kier alpha value is -1.33. The number of nitrogen functional groups attached to an aromatic ring is 1. The third kappa shape index (κ3) is 2.60. The SMILES string of the molecule is Cc1nn(C2CCN(Cc3ccccc3)C2)c(N)c1Br. The molecule has 1 fully saturated rings. The van der Waals surface area contributed by atoms with Gasteiger partial charge in [-0.25, -0.2) is 4.68 Å². The average Bonchev–Trinajstić information content (AvgIpc) is 3.01. The van der Waals surface area contributed by atoms with Crippen LogP contribution in [0.5, 0.6) is 0 Å². The highest BCUT2D eigenvalue weighted by molar-refractivity contribution is 9.10. The topological polar surface area (TPSA) is 47.1 Å². The molecule has 20 heavy (non-hydrogen) atoms. The normalized spacial score (nSPS) is 19.6. The van der Waals surface area contributed by atoms with Crippen molar-refractivity contribution in [1.82, 2.24) is 14.7 Å². The molecule has 4 nitrogen and oxygen atoms in total. The highest BCUT2D eigenvalue weighted by Crippen LogP contribution is 2.30. The minimum Gasteiger partial charge on any atom is -0.383 e. The van der Waals surface area contributed by atoms with Gasteiger partial charge in [0.25, 0.3) is 0 Å². The van der Waals surface area contributed by atoms with Gasteiger partial charge in [0.2, 0.25) is 0 Å². The van der Waals surface area contributed by atoms with Gasteiger partial charge in [-0.15, -0.1) is 0 Å². The van der Waals surface area contributed by atoms with Gasteiger partial charge in [-0.1, -0.05) is 30.3 Å². The molecular weight excluding hydrogens is 316 g/mol. The van der Waals surface area contributed by atoms with Crippen molar-refractivity contribution < 1.29 is 0 Å². The molecule has 0 spiro atoms. The lowest BCUT2D eigenvalue weighted by Crippen LogP contribution is -2.22. The third-order valence-corrected chi connectivity index (χ3v) is 4.87. The van der Waals surface area contributed by atoms with Crippen molar-refractivity contribution in [3.63, 3.8) is 0 Å². The second kappa shape index (κ2) is 5.58. The number of aromatic nitrogens is 2. The highest BCUT2D eigenvalue weighted by atomic mass is 79.9. The third-order valence-electron chi connectivity index (χ3n) is 3.89. The molecule has 1 atom stereocenters. The summed E-state index contributed by atoms with van der Waals surface area (Å²) in [5.74, 6) is 0.745. The molecule has 1 unspecified atom stereocenters. The summed E-state index contributed by atoms with van der Waals surface area (Å²) in [6.45, 7) is 5.08. The first-order valence-electron chi connectivity index (χ1n) is 6.91. The maximum Gasteiger partial charge on any atom is 0.136 e. The monoisotopic (exact) mass is 334 g/mol. The smallest absolute Gasteiger partial charge is 0.136 e. The number of aryl methyl sites for hydroxylation is 1. The summed E-state index contributed by atoms with van der Waals surface area (Å²) < 4.78 is 2.91. The van der Waals surface area contributed by atoms with Crippen molar-refractivity contribution in [3.8, 4) is 0 Å². The number of nitrogens with zero attached hydrogens (tertiary/aromatic N) is 3. The van der Waals surface area contributed by atoms with Crippen LogP contribution in [0.25, 0.3) is 0 Å². The Morgan fingerprint density at radius 1 is 1.35 bits per heavy atom. The Labute approximate surface area is 127 Å². The number of nitrogens with two attached hydrogens (primary N) is 1. The Morgan fingerprint density at radius 3 is 2.75 bits per heavy atom. The summed E-state index contributed by atoms with van der Waals surface area (Å²) >= 11 is 3.49. The van der Waals surface area contributed by atoms with Crippen LogP contribution < -0.4 is 5.73 Å². The molecule has 1 aromatic carbocycles. The van der Waals surface area contributed by atoms with Crippen LogP contribution in [-0.4, -0.2) is 27.8 Å². The first-order valence-corrected chi connectivity index (χ1v) is 7.71. The van der Waals surface area contributed by atoms with Crippen LogP contribution >= 0.6 is 15.9 Å². The predicted octanol–water partition coefficient (Wildman–Crippen LogP) is 2.98. The number of hydrogen-bond acceptors (Lipinski definition) is 3. The Kier molecular flexibility index (Phi) is 3.81. The molecule has 106 valence electrons. The molecule has 1 aliphatic heterocycles. The molecular formula is C15H19BrN4. The zero-order valence-electron chi connectivity index (χ0n) is 11.6. The van der Waals surface area contributed by atoms with Crippen molar-refractivity contribution >= 4 is 21.7 Å². The van der Waals surface area contributed by atoms with E-state index in [4.69, 9.17) is 5.73 Å². The maximum atomic E-state index is 6.12. The number of benzene rings is 1. The Morgan fingerprint density at radius 2 is 2.10 bits per heavy atom.